The first-order valence-corrected chi connectivity index (χ1v) is 14.4. The van der Waals surface area contributed by atoms with Gasteiger partial charge in [0.25, 0.3) is 0 Å². The highest BCUT2D eigenvalue weighted by Gasteiger charge is 2.21. The van der Waals surface area contributed by atoms with Crippen molar-refractivity contribution in [1.29, 1.82) is 0 Å². The molecule has 4 rings (SSSR count). The van der Waals surface area contributed by atoms with Crippen molar-refractivity contribution in [3.05, 3.63) is 89.5 Å². The molecule has 10 heteroatoms. The molecule has 0 aromatic heterocycles. The number of methoxy groups -OCH3 is 2. The predicted octanol–water partition coefficient (Wildman–Crippen LogP) is 6.51. The third-order valence-corrected chi connectivity index (χ3v) is 8.38. The maximum atomic E-state index is 13.5. The second kappa shape index (κ2) is 17.8. The standard InChI is InChI=1S/C31H38F2N2O3S.2ClH/c1-37-30-14-13-28(20-31(30)38-2)39-22-27(36)21-35-18-16-34(17-19-35)15-3-4-29(23-5-9-25(32)10-6-23)24-7-11-26(33)12-8-24;;/h5-14,20,27,29,36H,3-4,15-19,21-22H2,1-2H3;2*1H. The zero-order valence-electron chi connectivity index (χ0n) is 23.5. The van der Waals surface area contributed by atoms with Crippen molar-refractivity contribution in [1.82, 2.24) is 9.80 Å². The van der Waals surface area contributed by atoms with E-state index >= 15 is 0 Å². The molecule has 1 unspecified atom stereocenters. The van der Waals surface area contributed by atoms with E-state index in [0.29, 0.717) is 23.8 Å². The zero-order chi connectivity index (χ0) is 27.6. The monoisotopic (exact) mass is 628 g/mol. The lowest BCUT2D eigenvalue weighted by Gasteiger charge is -2.35. The molecule has 226 valence electrons. The van der Waals surface area contributed by atoms with Crippen LogP contribution < -0.4 is 9.47 Å². The van der Waals surface area contributed by atoms with Crippen molar-refractivity contribution in [2.75, 3.05) is 59.2 Å². The highest BCUT2D eigenvalue weighted by Crippen LogP contribution is 2.32. The van der Waals surface area contributed by atoms with Crippen LogP contribution in [0.4, 0.5) is 8.78 Å². The lowest BCUT2D eigenvalue weighted by Crippen LogP contribution is -2.49. The second-order valence-electron chi connectivity index (χ2n) is 9.92. The Morgan fingerprint density at radius 1 is 0.780 bits per heavy atom. The van der Waals surface area contributed by atoms with Crippen LogP contribution in [0.15, 0.2) is 71.6 Å². The van der Waals surface area contributed by atoms with Gasteiger partial charge in [0.2, 0.25) is 0 Å². The van der Waals surface area contributed by atoms with Gasteiger partial charge in [-0.1, -0.05) is 24.3 Å². The van der Waals surface area contributed by atoms with Gasteiger partial charge in [0.15, 0.2) is 11.5 Å². The molecular weight excluding hydrogens is 589 g/mol. The average Bonchev–Trinajstić information content (AvgIpc) is 2.96. The molecule has 3 aromatic rings. The second-order valence-corrected chi connectivity index (χ2v) is 11.0. The van der Waals surface area contributed by atoms with Gasteiger partial charge in [-0.05, 0) is 73.0 Å². The van der Waals surface area contributed by atoms with Crippen molar-refractivity contribution in [3.63, 3.8) is 0 Å². The molecule has 1 aliphatic heterocycles. The largest absolute Gasteiger partial charge is 0.493 e. The SMILES string of the molecule is COc1ccc(SCC(O)CN2CCN(CCCC(c3ccc(F)cc3)c3ccc(F)cc3)CC2)cc1OC.Cl.Cl. The Balaban J connectivity index is 0.00000294. The van der Waals surface area contributed by atoms with Gasteiger partial charge in [0.1, 0.15) is 11.6 Å². The topological polar surface area (TPSA) is 45.2 Å². The first-order chi connectivity index (χ1) is 18.9. The van der Waals surface area contributed by atoms with E-state index in [1.54, 1.807) is 26.0 Å². The summed E-state index contributed by atoms with van der Waals surface area (Å²) in [7, 11) is 3.24. The number of nitrogens with zero attached hydrogens (tertiary/aromatic N) is 2. The van der Waals surface area contributed by atoms with Crippen LogP contribution in [-0.2, 0) is 0 Å². The van der Waals surface area contributed by atoms with E-state index in [9.17, 15) is 13.9 Å². The van der Waals surface area contributed by atoms with Crippen LogP contribution in [0.1, 0.15) is 29.9 Å². The number of thioether (sulfide) groups is 1. The maximum absolute atomic E-state index is 13.5. The number of rotatable bonds is 13. The summed E-state index contributed by atoms with van der Waals surface area (Å²) >= 11 is 1.61. The molecule has 0 bridgehead atoms. The highest BCUT2D eigenvalue weighted by molar-refractivity contribution is 7.99. The molecule has 0 spiro atoms. The first kappa shape index (κ1) is 35.1. The van der Waals surface area contributed by atoms with Crippen LogP contribution in [-0.4, -0.2) is 80.3 Å². The van der Waals surface area contributed by atoms with Crippen LogP contribution in [0.25, 0.3) is 0 Å². The van der Waals surface area contributed by atoms with Crippen LogP contribution in [0.5, 0.6) is 11.5 Å². The molecule has 1 heterocycles. The van der Waals surface area contributed by atoms with Crippen molar-refractivity contribution >= 4 is 36.6 Å². The number of aliphatic hydroxyl groups is 1. The van der Waals surface area contributed by atoms with Crippen molar-refractivity contribution in [2.45, 2.75) is 29.8 Å². The first-order valence-electron chi connectivity index (χ1n) is 13.4. The Morgan fingerprint density at radius 3 is 1.85 bits per heavy atom. The third kappa shape index (κ3) is 10.6. The number of benzene rings is 3. The van der Waals surface area contributed by atoms with Crippen LogP contribution in [0.2, 0.25) is 0 Å². The molecule has 41 heavy (non-hydrogen) atoms. The molecule has 0 saturated carbocycles. The highest BCUT2D eigenvalue weighted by atomic mass is 35.5. The molecule has 0 amide bonds. The van der Waals surface area contributed by atoms with Gasteiger partial charge >= 0.3 is 0 Å². The molecule has 0 aliphatic carbocycles. The molecule has 1 N–H and O–H groups in total. The van der Waals surface area contributed by atoms with Crippen molar-refractivity contribution in [2.24, 2.45) is 0 Å². The van der Waals surface area contributed by atoms with Gasteiger partial charge in [-0.3, -0.25) is 4.90 Å². The third-order valence-electron chi connectivity index (χ3n) is 7.24. The molecule has 1 saturated heterocycles. The molecular formula is C31H40Cl2F2N2O3S. The van der Waals surface area contributed by atoms with E-state index in [0.717, 1.165) is 61.6 Å². The number of aliphatic hydroxyl groups excluding tert-OH is 1. The molecule has 3 aromatic carbocycles. The molecule has 1 fully saturated rings. The van der Waals surface area contributed by atoms with Crippen LogP contribution in [0, 0.1) is 11.6 Å². The summed E-state index contributed by atoms with van der Waals surface area (Å²) in [5, 5.41) is 10.6. The summed E-state index contributed by atoms with van der Waals surface area (Å²) in [4.78, 5) is 5.83. The fraction of sp³-hybridized carbons (Fsp3) is 0.419. The molecule has 0 radical (unpaired) electrons. The fourth-order valence-corrected chi connectivity index (χ4v) is 5.92. The number of hydrogen-bond acceptors (Lipinski definition) is 6. The summed E-state index contributed by atoms with van der Waals surface area (Å²) in [5.41, 5.74) is 2.10. The maximum Gasteiger partial charge on any atom is 0.161 e. The predicted molar refractivity (Wildman–Crippen MR) is 168 cm³/mol. The minimum absolute atomic E-state index is 0. The van der Waals surface area contributed by atoms with Crippen LogP contribution in [0.3, 0.4) is 0 Å². The number of hydrogen-bond donors (Lipinski definition) is 1. The van der Waals surface area contributed by atoms with Gasteiger partial charge in [-0.25, -0.2) is 8.78 Å². The van der Waals surface area contributed by atoms with E-state index in [4.69, 9.17) is 9.47 Å². The summed E-state index contributed by atoms with van der Waals surface area (Å²) < 4.78 is 37.7. The minimum Gasteiger partial charge on any atom is -0.493 e. The molecule has 5 nitrogen and oxygen atoms in total. The minimum atomic E-state index is -0.415. The molecule has 1 aliphatic rings. The number of β-amino-alcohol motifs (C(OH)–C–C–N with tert-alkyl or cyclic N) is 1. The van der Waals surface area contributed by atoms with E-state index in [1.165, 1.54) is 24.3 Å². The van der Waals surface area contributed by atoms with E-state index in [2.05, 4.69) is 9.80 Å². The van der Waals surface area contributed by atoms with Crippen LogP contribution >= 0.6 is 36.6 Å². The average molecular weight is 630 g/mol. The van der Waals surface area contributed by atoms with Gasteiger partial charge in [0.05, 0.1) is 20.3 Å². The van der Waals surface area contributed by atoms with E-state index < -0.39 is 6.10 Å². The summed E-state index contributed by atoms with van der Waals surface area (Å²) in [6.07, 6.45) is 1.48. The Morgan fingerprint density at radius 2 is 1.32 bits per heavy atom. The van der Waals surface area contributed by atoms with Gasteiger partial charge in [-0.2, -0.15) is 0 Å². The Kier molecular flexibility index (Phi) is 15.2. The lowest BCUT2D eigenvalue weighted by atomic mass is 9.87. The Labute approximate surface area is 259 Å². The Hall–Kier alpha value is -2.07. The Bertz CT molecular complexity index is 1120. The zero-order valence-corrected chi connectivity index (χ0v) is 26.0. The summed E-state index contributed by atoms with van der Waals surface area (Å²) in [5.74, 6) is 1.60. The van der Waals surface area contributed by atoms with Gasteiger partial charge < -0.3 is 19.5 Å². The van der Waals surface area contributed by atoms with E-state index in [1.807, 2.05) is 42.5 Å². The number of halogens is 4. The normalized spacial score (nSPS) is 14.7. The molecule has 1 atom stereocenters. The quantitative estimate of drug-likeness (QED) is 0.218. The van der Waals surface area contributed by atoms with Gasteiger partial charge in [0, 0.05) is 49.3 Å². The summed E-state index contributed by atoms with van der Waals surface area (Å²) in [6, 6.07) is 19.1. The van der Waals surface area contributed by atoms with Crippen molar-refractivity contribution in [3.8, 4) is 11.5 Å². The summed E-state index contributed by atoms with van der Waals surface area (Å²) in [6.45, 7) is 5.42. The van der Waals surface area contributed by atoms with Gasteiger partial charge in [-0.15, -0.1) is 36.6 Å². The van der Waals surface area contributed by atoms with E-state index in [-0.39, 0.29) is 42.4 Å². The van der Waals surface area contributed by atoms with Crippen molar-refractivity contribution < 1.29 is 23.4 Å². The number of piperazine rings is 1. The fourth-order valence-electron chi connectivity index (χ4n) is 5.08. The smallest absolute Gasteiger partial charge is 0.161 e. The number of ether oxygens (including phenoxy) is 2. The lowest BCUT2D eigenvalue weighted by molar-refractivity contribution is 0.0819.